The van der Waals surface area contributed by atoms with Crippen molar-refractivity contribution in [2.45, 2.75) is 26.7 Å². The lowest BCUT2D eigenvalue weighted by Gasteiger charge is -2.05. The highest BCUT2D eigenvalue weighted by molar-refractivity contribution is 5.93. The number of benzene rings is 1. The van der Waals surface area contributed by atoms with Crippen molar-refractivity contribution in [3.05, 3.63) is 41.5 Å². The third-order valence-corrected chi connectivity index (χ3v) is 2.20. The molecule has 0 aliphatic rings. The van der Waals surface area contributed by atoms with Crippen molar-refractivity contribution in [3.63, 3.8) is 0 Å². The summed E-state index contributed by atoms with van der Waals surface area (Å²) in [5.74, 6) is -0.201. The van der Waals surface area contributed by atoms with E-state index in [1.54, 1.807) is 0 Å². The largest absolute Gasteiger partial charge is 0.463 e. The summed E-state index contributed by atoms with van der Waals surface area (Å²) >= 11 is 0. The molecule has 1 aromatic carbocycles. The molecular weight excluding hydrogens is 200 g/mol. The number of hydrogen-bond acceptors (Lipinski definition) is 2. The molecule has 0 saturated heterocycles. The van der Waals surface area contributed by atoms with Crippen molar-refractivity contribution >= 4 is 12.0 Å². The molecule has 0 aromatic heterocycles. The molecular formula is C14H18O2. The van der Waals surface area contributed by atoms with Gasteiger partial charge in [-0.05, 0) is 25.0 Å². The summed E-state index contributed by atoms with van der Waals surface area (Å²) in [6, 6.07) is 9.84. The number of hydrogen-bond donors (Lipinski definition) is 0. The van der Waals surface area contributed by atoms with Crippen LogP contribution in [0.25, 0.3) is 6.08 Å². The molecule has 0 saturated carbocycles. The Morgan fingerprint density at radius 3 is 2.50 bits per heavy atom. The lowest BCUT2D eigenvalue weighted by molar-refractivity contribution is -0.138. The Balaban J connectivity index is 2.84. The molecule has 86 valence electrons. The van der Waals surface area contributed by atoms with Gasteiger partial charge in [0.25, 0.3) is 0 Å². The van der Waals surface area contributed by atoms with Gasteiger partial charge in [0, 0.05) is 5.57 Å². The third kappa shape index (κ3) is 3.89. The molecule has 1 rings (SSSR count). The zero-order valence-electron chi connectivity index (χ0n) is 9.90. The molecule has 0 unspecified atom stereocenters. The molecule has 0 N–H and O–H groups in total. The Morgan fingerprint density at radius 1 is 1.25 bits per heavy atom. The molecule has 0 fully saturated rings. The van der Waals surface area contributed by atoms with E-state index < -0.39 is 0 Å². The van der Waals surface area contributed by atoms with Gasteiger partial charge in [-0.15, -0.1) is 0 Å². The lowest BCUT2D eigenvalue weighted by Crippen LogP contribution is -2.07. The number of esters is 1. The quantitative estimate of drug-likeness (QED) is 0.559. The summed E-state index contributed by atoms with van der Waals surface area (Å²) in [6.07, 6.45) is 3.60. The molecule has 0 amide bonds. The van der Waals surface area contributed by atoms with Crippen molar-refractivity contribution in [2.24, 2.45) is 0 Å². The Hall–Kier alpha value is -1.57. The van der Waals surface area contributed by atoms with E-state index in [1.807, 2.05) is 43.3 Å². The van der Waals surface area contributed by atoms with Gasteiger partial charge in [0.1, 0.15) is 0 Å². The van der Waals surface area contributed by atoms with Crippen LogP contribution in [0, 0.1) is 0 Å². The molecule has 0 aliphatic heterocycles. The van der Waals surface area contributed by atoms with Crippen molar-refractivity contribution in [1.29, 1.82) is 0 Å². The first-order valence-corrected chi connectivity index (χ1v) is 5.70. The van der Waals surface area contributed by atoms with E-state index in [-0.39, 0.29) is 5.97 Å². The van der Waals surface area contributed by atoms with Crippen molar-refractivity contribution in [3.8, 4) is 0 Å². The lowest BCUT2D eigenvalue weighted by atomic mass is 10.1. The minimum absolute atomic E-state index is 0.201. The van der Waals surface area contributed by atoms with Crippen LogP contribution in [0.4, 0.5) is 0 Å². The number of carbonyl (C=O) groups is 1. The van der Waals surface area contributed by atoms with Gasteiger partial charge in [-0.3, -0.25) is 0 Å². The molecule has 0 aliphatic carbocycles. The first-order valence-electron chi connectivity index (χ1n) is 5.70. The predicted octanol–water partition coefficient (Wildman–Crippen LogP) is 3.43. The fourth-order valence-corrected chi connectivity index (χ4v) is 1.48. The van der Waals surface area contributed by atoms with Gasteiger partial charge >= 0.3 is 5.97 Å². The van der Waals surface area contributed by atoms with Gasteiger partial charge in [-0.25, -0.2) is 4.79 Å². The fourth-order valence-electron chi connectivity index (χ4n) is 1.48. The van der Waals surface area contributed by atoms with Crippen molar-refractivity contribution in [1.82, 2.24) is 0 Å². The molecule has 0 spiro atoms. The fraction of sp³-hybridized carbons (Fsp3) is 0.357. The van der Waals surface area contributed by atoms with Crippen LogP contribution in [-0.2, 0) is 9.53 Å². The number of rotatable bonds is 5. The molecule has 2 nitrogen and oxygen atoms in total. The summed E-state index contributed by atoms with van der Waals surface area (Å²) in [7, 11) is 0. The van der Waals surface area contributed by atoms with E-state index in [9.17, 15) is 4.79 Å². The highest BCUT2D eigenvalue weighted by atomic mass is 16.5. The third-order valence-electron chi connectivity index (χ3n) is 2.20. The zero-order valence-corrected chi connectivity index (χ0v) is 9.90. The van der Waals surface area contributed by atoms with Crippen LogP contribution in [0.5, 0.6) is 0 Å². The molecule has 0 bridgehead atoms. The molecule has 16 heavy (non-hydrogen) atoms. The van der Waals surface area contributed by atoms with E-state index >= 15 is 0 Å². The van der Waals surface area contributed by atoms with E-state index in [4.69, 9.17) is 4.74 Å². The van der Waals surface area contributed by atoms with Gasteiger partial charge in [-0.2, -0.15) is 0 Å². The first kappa shape index (κ1) is 12.5. The second-order valence-electron chi connectivity index (χ2n) is 3.55. The predicted molar refractivity (Wildman–Crippen MR) is 66.0 cm³/mol. The second-order valence-corrected chi connectivity index (χ2v) is 3.55. The Bertz CT molecular complexity index is 352. The van der Waals surface area contributed by atoms with Crippen LogP contribution >= 0.6 is 0 Å². The summed E-state index contributed by atoms with van der Waals surface area (Å²) < 4.78 is 5.02. The number of ether oxygens (including phenoxy) is 1. The maximum Gasteiger partial charge on any atom is 0.334 e. The molecule has 0 radical (unpaired) electrons. The average molecular weight is 218 g/mol. The minimum Gasteiger partial charge on any atom is -0.463 e. The van der Waals surface area contributed by atoms with Crippen LogP contribution in [0.3, 0.4) is 0 Å². The summed E-state index contributed by atoms with van der Waals surface area (Å²) in [5, 5.41) is 0. The van der Waals surface area contributed by atoms with E-state index in [0.717, 1.165) is 24.0 Å². The molecule has 2 heteroatoms. The number of carbonyl (C=O) groups excluding carboxylic acids is 1. The van der Waals surface area contributed by atoms with Crippen LogP contribution in [0.1, 0.15) is 32.3 Å². The summed E-state index contributed by atoms with van der Waals surface area (Å²) in [4.78, 5) is 11.6. The normalized spacial score (nSPS) is 11.2. The Morgan fingerprint density at radius 2 is 1.94 bits per heavy atom. The molecule has 1 aromatic rings. The van der Waals surface area contributed by atoms with Crippen LogP contribution < -0.4 is 0 Å². The maximum absolute atomic E-state index is 11.6. The van der Waals surface area contributed by atoms with Gasteiger partial charge in [0.2, 0.25) is 0 Å². The Kier molecular flexibility index (Phi) is 5.34. The highest BCUT2D eigenvalue weighted by Crippen LogP contribution is 2.13. The standard InChI is InChI=1S/C14H18O2/c1-3-8-13(14(15)16-4-2)11-12-9-6-5-7-10-12/h5-7,9-11H,3-4,8H2,1-2H3/b13-11+. The van der Waals surface area contributed by atoms with Crippen molar-refractivity contribution in [2.75, 3.05) is 6.61 Å². The smallest absolute Gasteiger partial charge is 0.334 e. The SMILES string of the molecule is CCC/C(=C\c1ccccc1)C(=O)OCC. The highest BCUT2D eigenvalue weighted by Gasteiger charge is 2.08. The van der Waals surface area contributed by atoms with Gasteiger partial charge < -0.3 is 4.74 Å². The van der Waals surface area contributed by atoms with Crippen molar-refractivity contribution < 1.29 is 9.53 Å². The first-order chi connectivity index (χ1) is 7.77. The second kappa shape index (κ2) is 6.83. The van der Waals surface area contributed by atoms with Crippen LogP contribution in [-0.4, -0.2) is 12.6 Å². The topological polar surface area (TPSA) is 26.3 Å². The monoisotopic (exact) mass is 218 g/mol. The van der Waals surface area contributed by atoms with E-state index in [1.165, 1.54) is 0 Å². The molecule has 0 heterocycles. The van der Waals surface area contributed by atoms with Crippen LogP contribution in [0.2, 0.25) is 0 Å². The zero-order chi connectivity index (χ0) is 11.8. The van der Waals surface area contributed by atoms with E-state index in [0.29, 0.717) is 6.61 Å². The summed E-state index contributed by atoms with van der Waals surface area (Å²) in [5.41, 5.74) is 1.79. The van der Waals surface area contributed by atoms with Gasteiger partial charge in [-0.1, -0.05) is 43.7 Å². The van der Waals surface area contributed by atoms with Gasteiger partial charge in [0.15, 0.2) is 0 Å². The summed E-state index contributed by atoms with van der Waals surface area (Å²) in [6.45, 7) is 4.30. The molecule has 0 atom stereocenters. The van der Waals surface area contributed by atoms with E-state index in [2.05, 4.69) is 6.92 Å². The average Bonchev–Trinajstić information content (AvgIpc) is 2.30. The van der Waals surface area contributed by atoms with Gasteiger partial charge in [0.05, 0.1) is 6.61 Å². The minimum atomic E-state index is -0.201. The van der Waals surface area contributed by atoms with Crippen LogP contribution in [0.15, 0.2) is 35.9 Å². The Labute approximate surface area is 96.9 Å². The maximum atomic E-state index is 11.6.